The molecule has 0 aliphatic carbocycles. The van der Waals surface area contributed by atoms with Crippen LogP contribution in [-0.4, -0.2) is 34.7 Å². The molecule has 0 saturated heterocycles. The first-order valence-electron chi connectivity index (χ1n) is 4.91. The summed E-state index contributed by atoms with van der Waals surface area (Å²) in [6.45, 7) is -0.352. The van der Waals surface area contributed by atoms with Crippen LogP contribution in [0.3, 0.4) is 0 Å². The van der Waals surface area contributed by atoms with Crippen molar-refractivity contribution in [1.82, 2.24) is 5.32 Å². The molecule has 6 heteroatoms. The van der Waals surface area contributed by atoms with Crippen molar-refractivity contribution in [3.63, 3.8) is 0 Å². The molecule has 1 unspecified atom stereocenters. The number of carbonyl (C=O) groups is 2. The molecule has 0 fully saturated rings. The smallest absolute Gasteiger partial charge is 0.334 e. The van der Waals surface area contributed by atoms with E-state index in [0.29, 0.717) is 5.56 Å². The van der Waals surface area contributed by atoms with Crippen molar-refractivity contribution in [3.05, 3.63) is 35.6 Å². The Morgan fingerprint density at radius 3 is 2.41 bits per heavy atom. The molecule has 17 heavy (non-hydrogen) atoms. The van der Waals surface area contributed by atoms with Gasteiger partial charge in [-0.05, 0) is 17.7 Å². The number of aliphatic carboxylic acids is 1. The SMILES string of the molecule is O=C(Cc1ccc(F)cc1)NCC(O)C(=O)O. The van der Waals surface area contributed by atoms with Crippen molar-refractivity contribution in [2.45, 2.75) is 12.5 Å². The zero-order valence-electron chi connectivity index (χ0n) is 8.89. The van der Waals surface area contributed by atoms with Crippen LogP contribution in [0.2, 0.25) is 0 Å². The number of hydrogen-bond donors (Lipinski definition) is 3. The van der Waals surface area contributed by atoms with Crippen LogP contribution < -0.4 is 5.32 Å². The highest BCUT2D eigenvalue weighted by Gasteiger charge is 2.14. The summed E-state index contributed by atoms with van der Waals surface area (Å²) in [6, 6.07) is 5.38. The molecule has 0 bridgehead atoms. The lowest BCUT2D eigenvalue weighted by Crippen LogP contribution is -2.37. The minimum Gasteiger partial charge on any atom is -0.479 e. The second-order valence-corrected chi connectivity index (χ2v) is 3.46. The minimum absolute atomic E-state index is 0.00657. The number of carboxylic acids is 1. The predicted octanol–water partition coefficient (Wildman–Crippen LogP) is -0.0701. The van der Waals surface area contributed by atoms with Gasteiger partial charge in [0.05, 0.1) is 13.0 Å². The number of carboxylic acid groups (broad SMARTS) is 1. The van der Waals surface area contributed by atoms with Crippen molar-refractivity contribution in [1.29, 1.82) is 0 Å². The Morgan fingerprint density at radius 1 is 1.29 bits per heavy atom. The zero-order chi connectivity index (χ0) is 12.8. The van der Waals surface area contributed by atoms with Gasteiger partial charge in [-0.15, -0.1) is 0 Å². The topological polar surface area (TPSA) is 86.6 Å². The van der Waals surface area contributed by atoms with Crippen LogP contribution in [-0.2, 0) is 16.0 Å². The first kappa shape index (κ1) is 13.1. The summed E-state index contributed by atoms with van der Waals surface area (Å²) in [6.07, 6.45) is -1.61. The maximum atomic E-state index is 12.6. The average Bonchev–Trinajstić information content (AvgIpc) is 2.29. The van der Waals surface area contributed by atoms with E-state index in [4.69, 9.17) is 10.2 Å². The fraction of sp³-hybridized carbons (Fsp3) is 0.273. The van der Waals surface area contributed by atoms with Crippen LogP contribution in [0.4, 0.5) is 4.39 Å². The van der Waals surface area contributed by atoms with E-state index in [0.717, 1.165) is 0 Å². The number of hydrogen-bond acceptors (Lipinski definition) is 3. The lowest BCUT2D eigenvalue weighted by molar-refractivity contribution is -0.146. The maximum Gasteiger partial charge on any atom is 0.334 e. The molecule has 0 radical (unpaired) electrons. The normalized spacial score (nSPS) is 11.9. The maximum absolute atomic E-state index is 12.6. The number of aliphatic hydroxyl groups is 1. The summed E-state index contributed by atoms with van der Waals surface area (Å²) in [7, 11) is 0. The molecule has 0 heterocycles. The highest BCUT2D eigenvalue weighted by Crippen LogP contribution is 2.03. The Balaban J connectivity index is 2.39. The van der Waals surface area contributed by atoms with E-state index >= 15 is 0 Å². The number of benzene rings is 1. The molecule has 5 nitrogen and oxygen atoms in total. The molecule has 1 aromatic carbocycles. The van der Waals surface area contributed by atoms with Gasteiger partial charge in [0.25, 0.3) is 0 Å². The zero-order valence-corrected chi connectivity index (χ0v) is 8.89. The highest BCUT2D eigenvalue weighted by atomic mass is 19.1. The number of rotatable bonds is 5. The quantitative estimate of drug-likeness (QED) is 0.673. The first-order chi connectivity index (χ1) is 7.99. The summed E-state index contributed by atoms with van der Waals surface area (Å²) in [5, 5.41) is 19.5. The van der Waals surface area contributed by atoms with Crippen LogP contribution >= 0.6 is 0 Å². The third-order valence-electron chi connectivity index (χ3n) is 2.06. The number of nitrogens with one attached hydrogen (secondary N) is 1. The number of aliphatic hydroxyl groups excluding tert-OH is 1. The van der Waals surface area contributed by atoms with Gasteiger partial charge in [0.2, 0.25) is 5.91 Å². The van der Waals surface area contributed by atoms with Gasteiger partial charge in [0, 0.05) is 0 Å². The third kappa shape index (κ3) is 4.60. The second kappa shape index (κ2) is 5.95. The van der Waals surface area contributed by atoms with Crippen LogP contribution in [0.25, 0.3) is 0 Å². The molecule has 0 spiro atoms. The fourth-order valence-electron chi connectivity index (χ4n) is 1.15. The van der Waals surface area contributed by atoms with Gasteiger partial charge in [0.1, 0.15) is 5.82 Å². The Hall–Kier alpha value is -1.95. The summed E-state index contributed by atoms with van der Waals surface area (Å²) < 4.78 is 12.6. The van der Waals surface area contributed by atoms with E-state index in [1.807, 2.05) is 0 Å². The summed E-state index contributed by atoms with van der Waals surface area (Å²) in [5.41, 5.74) is 0.605. The third-order valence-corrected chi connectivity index (χ3v) is 2.06. The number of amides is 1. The van der Waals surface area contributed by atoms with Gasteiger partial charge in [-0.1, -0.05) is 12.1 Å². The molecule has 0 saturated carbocycles. The number of carbonyl (C=O) groups excluding carboxylic acids is 1. The molecule has 1 atom stereocenters. The van der Waals surface area contributed by atoms with Gasteiger partial charge < -0.3 is 15.5 Å². The van der Waals surface area contributed by atoms with E-state index in [2.05, 4.69) is 5.32 Å². The van der Waals surface area contributed by atoms with E-state index in [9.17, 15) is 14.0 Å². The monoisotopic (exact) mass is 241 g/mol. The van der Waals surface area contributed by atoms with Crippen molar-refractivity contribution in [2.24, 2.45) is 0 Å². The largest absolute Gasteiger partial charge is 0.479 e. The minimum atomic E-state index is -1.62. The Bertz CT molecular complexity index is 404. The molecule has 0 aliphatic heterocycles. The van der Waals surface area contributed by atoms with E-state index in [-0.39, 0.29) is 13.0 Å². The summed E-state index contributed by atoms with van der Waals surface area (Å²) in [5.74, 6) is -2.22. The summed E-state index contributed by atoms with van der Waals surface area (Å²) >= 11 is 0. The Morgan fingerprint density at radius 2 is 1.88 bits per heavy atom. The predicted molar refractivity (Wildman–Crippen MR) is 56.8 cm³/mol. The molecular formula is C11H12FNO4. The van der Waals surface area contributed by atoms with Crippen LogP contribution in [0.15, 0.2) is 24.3 Å². The van der Waals surface area contributed by atoms with Gasteiger partial charge >= 0.3 is 5.97 Å². The van der Waals surface area contributed by atoms with Crippen LogP contribution in [0, 0.1) is 5.82 Å². The molecule has 0 aromatic heterocycles. The molecule has 1 rings (SSSR count). The molecule has 1 aromatic rings. The van der Waals surface area contributed by atoms with Gasteiger partial charge in [-0.25, -0.2) is 9.18 Å². The van der Waals surface area contributed by atoms with Crippen molar-refractivity contribution in [3.8, 4) is 0 Å². The molecule has 0 aliphatic rings. The lowest BCUT2D eigenvalue weighted by Gasteiger charge is -2.07. The van der Waals surface area contributed by atoms with Gasteiger partial charge in [-0.2, -0.15) is 0 Å². The Kier molecular flexibility index (Phi) is 4.59. The lowest BCUT2D eigenvalue weighted by atomic mass is 10.1. The average molecular weight is 241 g/mol. The van der Waals surface area contributed by atoms with Gasteiger partial charge in [-0.3, -0.25) is 4.79 Å². The number of halogens is 1. The highest BCUT2D eigenvalue weighted by molar-refractivity contribution is 5.79. The first-order valence-corrected chi connectivity index (χ1v) is 4.91. The second-order valence-electron chi connectivity index (χ2n) is 3.46. The standard InChI is InChI=1S/C11H12FNO4/c12-8-3-1-7(2-4-8)5-10(15)13-6-9(14)11(16)17/h1-4,9,14H,5-6H2,(H,13,15)(H,16,17). The molecule has 3 N–H and O–H groups in total. The van der Waals surface area contributed by atoms with E-state index < -0.39 is 23.8 Å². The molecule has 1 amide bonds. The summed E-state index contributed by atoms with van der Waals surface area (Å²) in [4.78, 5) is 21.6. The van der Waals surface area contributed by atoms with Crippen LogP contribution in [0.5, 0.6) is 0 Å². The molecular weight excluding hydrogens is 229 g/mol. The van der Waals surface area contributed by atoms with Gasteiger partial charge in [0.15, 0.2) is 6.10 Å². The van der Waals surface area contributed by atoms with E-state index in [1.165, 1.54) is 24.3 Å². The van der Waals surface area contributed by atoms with E-state index in [1.54, 1.807) is 0 Å². The Labute approximate surface area is 96.9 Å². The fourth-order valence-corrected chi connectivity index (χ4v) is 1.15. The molecule has 92 valence electrons. The van der Waals surface area contributed by atoms with Crippen molar-refractivity contribution < 1.29 is 24.2 Å². The van der Waals surface area contributed by atoms with Crippen molar-refractivity contribution >= 4 is 11.9 Å². The van der Waals surface area contributed by atoms with Crippen LogP contribution in [0.1, 0.15) is 5.56 Å². The van der Waals surface area contributed by atoms with Crippen molar-refractivity contribution in [2.75, 3.05) is 6.54 Å².